The van der Waals surface area contributed by atoms with E-state index in [1.807, 2.05) is 43.3 Å². The van der Waals surface area contributed by atoms with Crippen molar-refractivity contribution in [1.82, 2.24) is 0 Å². The maximum absolute atomic E-state index is 11.8. The number of nitrogens with two attached hydrogens (primary N) is 1. The number of esters is 1. The summed E-state index contributed by atoms with van der Waals surface area (Å²) in [5.41, 5.74) is 6.90. The van der Waals surface area contributed by atoms with Crippen LogP contribution < -0.4 is 10.5 Å². The van der Waals surface area contributed by atoms with Gasteiger partial charge < -0.3 is 15.2 Å². The molecule has 0 aliphatic rings. The molecule has 0 fully saturated rings. The molecule has 0 amide bonds. The van der Waals surface area contributed by atoms with E-state index >= 15 is 0 Å². The molecule has 2 rings (SSSR count). The number of carbonyl (C=O) groups excluding carboxylic acids is 1. The van der Waals surface area contributed by atoms with Crippen LogP contribution in [0.3, 0.4) is 0 Å². The Bertz CT molecular complexity index is 637. The van der Waals surface area contributed by atoms with Gasteiger partial charge in [0, 0.05) is 17.0 Å². The molecule has 4 nitrogen and oxygen atoms in total. The first kappa shape index (κ1) is 15.3. The molecule has 4 heteroatoms. The van der Waals surface area contributed by atoms with Crippen molar-refractivity contribution < 1.29 is 14.3 Å². The fourth-order valence-corrected chi connectivity index (χ4v) is 2.23. The van der Waals surface area contributed by atoms with Crippen molar-refractivity contribution in [2.45, 2.75) is 32.9 Å². The van der Waals surface area contributed by atoms with Gasteiger partial charge in [0.25, 0.3) is 0 Å². The fraction of sp³-hybridized carbons (Fsp3) is 0.353. The quantitative estimate of drug-likeness (QED) is 0.858. The van der Waals surface area contributed by atoms with Crippen molar-refractivity contribution in [2.75, 3.05) is 6.61 Å². The summed E-state index contributed by atoms with van der Waals surface area (Å²) in [5, 5.41) is 2.00. The topological polar surface area (TPSA) is 61.5 Å². The lowest BCUT2D eigenvalue weighted by Crippen LogP contribution is -2.27. The summed E-state index contributed by atoms with van der Waals surface area (Å²) in [6.45, 7) is 5.69. The van der Waals surface area contributed by atoms with Gasteiger partial charge in [-0.25, -0.2) is 4.79 Å². The van der Waals surface area contributed by atoms with Gasteiger partial charge in [-0.15, -0.1) is 0 Å². The summed E-state index contributed by atoms with van der Waals surface area (Å²) >= 11 is 0. The van der Waals surface area contributed by atoms with Crippen LogP contribution >= 0.6 is 0 Å². The molecule has 0 aromatic heterocycles. The minimum atomic E-state index is -0.673. The molecule has 2 N–H and O–H groups in total. The SMILES string of the molecule is CCOC(=O)C(C)Oc1c([C@H](C)N)ccc2ccccc12. The molecular weight excluding hydrogens is 266 g/mol. The largest absolute Gasteiger partial charge is 0.478 e. The van der Waals surface area contributed by atoms with Crippen LogP contribution in [-0.2, 0) is 9.53 Å². The molecule has 0 radical (unpaired) electrons. The second-order valence-corrected chi connectivity index (χ2v) is 5.01. The van der Waals surface area contributed by atoms with Crippen molar-refractivity contribution in [2.24, 2.45) is 5.73 Å². The van der Waals surface area contributed by atoms with Gasteiger partial charge in [0.2, 0.25) is 0 Å². The number of benzene rings is 2. The van der Waals surface area contributed by atoms with E-state index < -0.39 is 6.10 Å². The summed E-state index contributed by atoms with van der Waals surface area (Å²) in [7, 11) is 0. The molecule has 21 heavy (non-hydrogen) atoms. The molecule has 2 aromatic carbocycles. The Morgan fingerprint density at radius 3 is 2.57 bits per heavy atom. The van der Waals surface area contributed by atoms with Gasteiger partial charge in [0.05, 0.1) is 6.61 Å². The van der Waals surface area contributed by atoms with Gasteiger partial charge in [0.1, 0.15) is 5.75 Å². The van der Waals surface area contributed by atoms with Crippen molar-refractivity contribution in [3.63, 3.8) is 0 Å². The molecule has 0 bridgehead atoms. The van der Waals surface area contributed by atoms with Gasteiger partial charge in [-0.2, -0.15) is 0 Å². The van der Waals surface area contributed by atoms with E-state index in [0.29, 0.717) is 12.4 Å². The lowest BCUT2D eigenvalue weighted by molar-refractivity contribution is -0.150. The maximum atomic E-state index is 11.8. The molecule has 0 aliphatic heterocycles. The summed E-state index contributed by atoms with van der Waals surface area (Å²) in [5.74, 6) is 0.282. The van der Waals surface area contributed by atoms with Gasteiger partial charge in [-0.1, -0.05) is 36.4 Å². The van der Waals surface area contributed by atoms with E-state index in [9.17, 15) is 4.79 Å². The molecule has 0 saturated heterocycles. The van der Waals surface area contributed by atoms with E-state index in [2.05, 4.69) is 0 Å². The highest BCUT2D eigenvalue weighted by Crippen LogP contribution is 2.33. The molecule has 0 aliphatic carbocycles. The minimum Gasteiger partial charge on any atom is -0.478 e. The summed E-state index contributed by atoms with van der Waals surface area (Å²) < 4.78 is 10.9. The summed E-state index contributed by atoms with van der Waals surface area (Å²) in [6, 6.07) is 11.6. The van der Waals surface area contributed by atoms with E-state index in [0.717, 1.165) is 16.3 Å². The average Bonchev–Trinajstić information content (AvgIpc) is 2.47. The first-order chi connectivity index (χ1) is 10.0. The van der Waals surface area contributed by atoms with E-state index in [-0.39, 0.29) is 12.0 Å². The van der Waals surface area contributed by atoms with Gasteiger partial charge >= 0.3 is 5.97 Å². The Hall–Kier alpha value is -2.07. The molecule has 0 spiro atoms. The molecule has 112 valence electrons. The Labute approximate surface area is 124 Å². The number of hydrogen-bond acceptors (Lipinski definition) is 4. The van der Waals surface area contributed by atoms with Crippen LogP contribution in [0.25, 0.3) is 10.8 Å². The van der Waals surface area contributed by atoms with Crippen LogP contribution in [-0.4, -0.2) is 18.7 Å². The summed E-state index contributed by atoms with van der Waals surface area (Å²) in [6.07, 6.45) is -0.673. The lowest BCUT2D eigenvalue weighted by Gasteiger charge is -2.20. The fourth-order valence-electron chi connectivity index (χ4n) is 2.23. The predicted octanol–water partition coefficient (Wildman–Crippen LogP) is 3.19. The van der Waals surface area contributed by atoms with Crippen LogP contribution in [0.1, 0.15) is 32.4 Å². The Balaban J connectivity index is 2.44. The number of fused-ring (bicyclic) bond motifs is 1. The molecule has 2 aromatic rings. The zero-order valence-electron chi connectivity index (χ0n) is 12.6. The van der Waals surface area contributed by atoms with Gasteiger partial charge in [-0.05, 0) is 26.2 Å². The van der Waals surface area contributed by atoms with Crippen LogP contribution in [0, 0.1) is 0 Å². The molecule has 0 saturated carbocycles. The lowest BCUT2D eigenvalue weighted by atomic mass is 10.0. The molecule has 0 heterocycles. The van der Waals surface area contributed by atoms with Crippen molar-refractivity contribution in [3.8, 4) is 5.75 Å². The zero-order chi connectivity index (χ0) is 15.4. The van der Waals surface area contributed by atoms with Gasteiger partial charge in [-0.3, -0.25) is 0 Å². The molecule has 2 atom stereocenters. The second-order valence-electron chi connectivity index (χ2n) is 5.01. The van der Waals surface area contributed by atoms with E-state index in [1.165, 1.54) is 0 Å². The third-order valence-corrected chi connectivity index (χ3v) is 3.31. The zero-order valence-corrected chi connectivity index (χ0v) is 12.6. The highest BCUT2D eigenvalue weighted by atomic mass is 16.6. The van der Waals surface area contributed by atoms with Crippen LogP contribution in [0.2, 0.25) is 0 Å². The molecular formula is C17H21NO3. The highest BCUT2D eigenvalue weighted by Gasteiger charge is 2.20. The van der Waals surface area contributed by atoms with Gasteiger partial charge in [0.15, 0.2) is 6.10 Å². The Kier molecular flexibility index (Phi) is 4.81. The van der Waals surface area contributed by atoms with E-state index in [1.54, 1.807) is 13.8 Å². The Morgan fingerprint density at radius 1 is 1.19 bits per heavy atom. The number of ether oxygens (including phenoxy) is 2. The smallest absolute Gasteiger partial charge is 0.347 e. The first-order valence-corrected chi connectivity index (χ1v) is 7.15. The molecule has 1 unspecified atom stereocenters. The number of rotatable bonds is 5. The average molecular weight is 287 g/mol. The Morgan fingerprint density at radius 2 is 1.90 bits per heavy atom. The standard InChI is InChI=1S/C17H21NO3/c1-4-20-17(19)12(3)21-16-14(11(2)18)10-9-13-7-5-6-8-15(13)16/h5-12H,4,18H2,1-3H3/t11-,12?/m0/s1. The third-order valence-electron chi connectivity index (χ3n) is 3.31. The summed E-state index contributed by atoms with van der Waals surface area (Å²) in [4.78, 5) is 11.8. The minimum absolute atomic E-state index is 0.181. The number of carbonyl (C=O) groups is 1. The monoisotopic (exact) mass is 287 g/mol. The van der Waals surface area contributed by atoms with Crippen LogP contribution in [0.5, 0.6) is 5.75 Å². The van der Waals surface area contributed by atoms with Crippen LogP contribution in [0.15, 0.2) is 36.4 Å². The first-order valence-electron chi connectivity index (χ1n) is 7.15. The third kappa shape index (κ3) is 3.34. The number of hydrogen-bond donors (Lipinski definition) is 1. The van der Waals surface area contributed by atoms with Crippen molar-refractivity contribution in [1.29, 1.82) is 0 Å². The van der Waals surface area contributed by atoms with E-state index in [4.69, 9.17) is 15.2 Å². The highest BCUT2D eigenvalue weighted by molar-refractivity contribution is 5.90. The predicted molar refractivity (Wildman–Crippen MR) is 83.3 cm³/mol. The maximum Gasteiger partial charge on any atom is 0.347 e. The van der Waals surface area contributed by atoms with Crippen molar-refractivity contribution in [3.05, 3.63) is 42.0 Å². The normalized spacial score (nSPS) is 13.7. The van der Waals surface area contributed by atoms with Crippen LogP contribution in [0.4, 0.5) is 0 Å². The van der Waals surface area contributed by atoms with Crippen molar-refractivity contribution >= 4 is 16.7 Å². The second kappa shape index (κ2) is 6.59.